The summed E-state index contributed by atoms with van der Waals surface area (Å²) in [5, 5.41) is 8.74. The van der Waals surface area contributed by atoms with E-state index in [0.717, 1.165) is 11.1 Å². The molecule has 0 bridgehead atoms. The van der Waals surface area contributed by atoms with Crippen LogP contribution in [0.5, 0.6) is 0 Å². The van der Waals surface area contributed by atoms with Crippen molar-refractivity contribution in [3.05, 3.63) is 35.4 Å². The smallest absolute Gasteiger partial charge is 0.462 e. The summed E-state index contributed by atoms with van der Waals surface area (Å²) in [7, 11) is -0.259. The second-order valence-electron chi connectivity index (χ2n) is 6.28. The van der Waals surface area contributed by atoms with Crippen LogP contribution in [-0.4, -0.2) is 29.4 Å². The van der Waals surface area contributed by atoms with E-state index < -0.39 is 5.97 Å². The summed E-state index contributed by atoms with van der Waals surface area (Å²) < 4.78 is 11.9. The monoisotopic (exact) mass is 276 g/mol. The number of benzene rings is 1. The number of carboxylic acids is 1. The van der Waals surface area contributed by atoms with Crippen LogP contribution in [-0.2, 0) is 26.8 Å². The van der Waals surface area contributed by atoms with Crippen LogP contribution >= 0.6 is 0 Å². The predicted molar refractivity (Wildman–Crippen MR) is 77.6 cm³/mol. The van der Waals surface area contributed by atoms with E-state index in [9.17, 15) is 4.79 Å². The Balaban J connectivity index is 2.00. The third kappa shape index (κ3) is 3.22. The summed E-state index contributed by atoms with van der Waals surface area (Å²) in [6.07, 6.45) is 0.719. The predicted octanol–water partition coefficient (Wildman–Crippen LogP) is 2.49. The summed E-state index contributed by atoms with van der Waals surface area (Å²) in [4.78, 5) is 10.6. The molecular formula is C15H21BO4. The van der Waals surface area contributed by atoms with Gasteiger partial charge in [0.25, 0.3) is 0 Å². The van der Waals surface area contributed by atoms with Crippen LogP contribution in [0.15, 0.2) is 24.3 Å². The Morgan fingerprint density at radius 2 is 1.50 bits per heavy atom. The molecule has 4 nitrogen and oxygen atoms in total. The van der Waals surface area contributed by atoms with Crippen molar-refractivity contribution in [2.45, 2.75) is 51.6 Å². The van der Waals surface area contributed by atoms with Crippen molar-refractivity contribution in [1.29, 1.82) is 0 Å². The van der Waals surface area contributed by atoms with Gasteiger partial charge in [-0.3, -0.25) is 4.79 Å². The highest BCUT2D eigenvalue weighted by Crippen LogP contribution is 2.37. The van der Waals surface area contributed by atoms with E-state index in [2.05, 4.69) is 0 Å². The third-order valence-electron chi connectivity index (χ3n) is 4.08. The maximum absolute atomic E-state index is 10.6. The zero-order valence-electron chi connectivity index (χ0n) is 12.5. The van der Waals surface area contributed by atoms with Crippen LogP contribution in [0.3, 0.4) is 0 Å². The maximum atomic E-state index is 10.6. The van der Waals surface area contributed by atoms with E-state index in [1.807, 2.05) is 52.0 Å². The minimum Gasteiger partial charge on any atom is -0.481 e. The van der Waals surface area contributed by atoms with Gasteiger partial charge < -0.3 is 14.4 Å². The highest BCUT2D eigenvalue weighted by molar-refractivity contribution is 6.45. The van der Waals surface area contributed by atoms with Gasteiger partial charge in [0.1, 0.15) is 0 Å². The van der Waals surface area contributed by atoms with Gasteiger partial charge in [0.05, 0.1) is 17.6 Å². The fourth-order valence-electron chi connectivity index (χ4n) is 2.21. The van der Waals surface area contributed by atoms with Gasteiger partial charge in [-0.1, -0.05) is 24.3 Å². The molecule has 1 aromatic carbocycles. The van der Waals surface area contributed by atoms with E-state index in [1.54, 1.807) is 0 Å². The first kappa shape index (κ1) is 15.1. The van der Waals surface area contributed by atoms with Crippen molar-refractivity contribution in [3.8, 4) is 0 Å². The highest BCUT2D eigenvalue weighted by atomic mass is 16.7. The van der Waals surface area contributed by atoms with Gasteiger partial charge in [-0.2, -0.15) is 0 Å². The van der Waals surface area contributed by atoms with E-state index in [-0.39, 0.29) is 24.7 Å². The number of hydrogen-bond acceptors (Lipinski definition) is 3. The molecule has 108 valence electrons. The Hall–Kier alpha value is -1.33. The fourth-order valence-corrected chi connectivity index (χ4v) is 2.21. The molecule has 0 saturated carbocycles. The van der Waals surface area contributed by atoms with E-state index >= 15 is 0 Å². The van der Waals surface area contributed by atoms with Crippen LogP contribution < -0.4 is 0 Å². The Morgan fingerprint density at radius 3 is 1.95 bits per heavy atom. The molecule has 0 aliphatic carbocycles. The molecule has 1 fully saturated rings. The van der Waals surface area contributed by atoms with Gasteiger partial charge in [0.2, 0.25) is 0 Å². The molecule has 5 heteroatoms. The number of carbonyl (C=O) groups is 1. The average Bonchev–Trinajstić information content (AvgIpc) is 2.49. The minimum atomic E-state index is -0.816. The molecule has 1 heterocycles. The molecule has 0 atom stereocenters. The van der Waals surface area contributed by atoms with Crippen LogP contribution in [0.25, 0.3) is 0 Å². The lowest BCUT2D eigenvalue weighted by Crippen LogP contribution is -2.41. The Kier molecular flexibility index (Phi) is 3.94. The molecule has 2 rings (SSSR count). The second-order valence-corrected chi connectivity index (χ2v) is 6.28. The molecule has 1 aliphatic rings. The van der Waals surface area contributed by atoms with Gasteiger partial charge in [0.15, 0.2) is 0 Å². The lowest BCUT2D eigenvalue weighted by Gasteiger charge is -2.32. The third-order valence-corrected chi connectivity index (χ3v) is 4.08. The van der Waals surface area contributed by atoms with Gasteiger partial charge in [-0.05, 0) is 38.8 Å². The average molecular weight is 276 g/mol. The summed E-state index contributed by atoms with van der Waals surface area (Å²) in [6.45, 7) is 8.12. The zero-order chi connectivity index (χ0) is 15.0. The van der Waals surface area contributed by atoms with E-state index in [0.29, 0.717) is 6.32 Å². The molecule has 0 aromatic heterocycles. The SMILES string of the molecule is CC1(C)OB(Cc2ccc(CC(=O)O)cc2)OC1(C)C. The van der Waals surface area contributed by atoms with Crippen molar-refractivity contribution >= 4 is 13.1 Å². The summed E-state index contributed by atoms with van der Waals surface area (Å²) in [5.41, 5.74) is 1.25. The molecule has 0 spiro atoms. The van der Waals surface area contributed by atoms with Crippen molar-refractivity contribution in [1.82, 2.24) is 0 Å². The number of hydrogen-bond donors (Lipinski definition) is 1. The van der Waals surface area contributed by atoms with Crippen LogP contribution in [0.2, 0.25) is 0 Å². The number of carboxylic acid groups (broad SMARTS) is 1. The van der Waals surface area contributed by atoms with E-state index in [1.165, 1.54) is 0 Å². The van der Waals surface area contributed by atoms with Crippen LogP contribution in [0, 0.1) is 0 Å². The van der Waals surface area contributed by atoms with Crippen molar-refractivity contribution < 1.29 is 19.2 Å². The normalized spacial score (nSPS) is 20.1. The van der Waals surface area contributed by atoms with Crippen molar-refractivity contribution in [2.24, 2.45) is 0 Å². The molecule has 0 radical (unpaired) electrons. The largest absolute Gasteiger partial charge is 0.481 e. The zero-order valence-corrected chi connectivity index (χ0v) is 12.5. The van der Waals surface area contributed by atoms with Crippen LogP contribution in [0.1, 0.15) is 38.8 Å². The number of aliphatic carboxylic acids is 1. The molecule has 1 aliphatic heterocycles. The molecule has 1 N–H and O–H groups in total. The van der Waals surface area contributed by atoms with Gasteiger partial charge in [-0.15, -0.1) is 0 Å². The van der Waals surface area contributed by atoms with Crippen LogP contribution in [0.4, 0.5) is 0 Å². The maximum Gasteiger partial charge on any atom is 0.462 e. The molecule has 1 saturated heterocycles. The topological polar surface area (TPSA) is 55.8 Å². The summed E-state index contributed by atoms with van der Waals surface area (Å²) in [6, 6.07) is 7.55. The quantitative estimate of drug-likeness (QED) is 0.858. The molecule has 1 aromatic rings. The first-order valence-electron chi connectivity index (χ1n) is 6.85. The van der Waals surface area contributed by atoms with Gasteiger partial charge in [-0.25, -0.2) is 0 Å². The lowest BCUT2D eigenvalue weighted by atomic mass is 9.80. The summed E-state index contributed by atoms with van der Waals surface area (Å²) >= 11 is 0. The first-order chi connectivity index (χ1) is 9.19. The summed E-state index contributed by atoms with van der Waals surface area (Å²) in [5.74, 6) is -0.816. The second kappa shape index (κ2) is 5.22. The van der Waals surface area contributed by atoms with Gasteiger partial charge in [0, 0.05) is 6.32 Å². The molecule has 20 heavy (non-hydrogen) atoms. The number of rotatable bonds is 4. The Morgan fingerprint density at radius 1 is 1.05 bits per heavy atom. The van der Waals surface area contributed by atoms with Crippen molar-refractivity contribution in [2.75, 3.05) is 0 Å². The Bertz CT molecular complexity index is 477. The van der Waals surface area contributed by atoms with Crippen molar-refractivity contribution in [3.63, 3.8) is 0 Å². The highest BCUT2D eigenvalue weighted by Gasteiger charge is 2.50. The Labute approximate surface area is 120 Å². The molecule has 0 unspecified atom stereocenters. The standard InChI is InChI=1S/C15H21BO4/c1-14(2)15(3,4)20-16(19-14)10-12-7-5-11(6-8-12)9-13(17)18/h5-8H,9-10H2,1-4H3,(H,17,18). The first-order valence-corrected chi connectivity index (χ1v) is 6.85. The molecule has 0 amide bonds. The fraction of sp³-hybridized carbons (Fsp3) is 0.533. The van der Waals surface area contributed by atoms with E-state index in [4.69, 9.17) is 14.4 Å². The molecular weight excluding hydrogens is 255 g/mol. The minimum absolute atomic E-state index is 0.0524. The van der Waals surface area contributed by atoms with Gasteiger partial charge >= 0.3 is 13.1 Å². The lowest BCUT2D eigenvalue weighted by molar-refractivity contribution is -0.136.